The number of likely N-dealkylation sites (tertiary alicyclic amines) is 1. The number of amides is 2. The molecular weight excluding hydrogens is 274 g/mol. The first-order chi connectivity index (χ1) is 10.1. The van der Waals surface area contributed by atoms with Crippen LogP contribution in [-0.2, 0) is 9.59 Å². The number of aliphatic hydroxyl groups is 1. The lowest BCUT2D eigenvalue weighted by molar-refractivity contribution is -0.140. The number of imide groups is 1. The second-order valence-electron chi connectivity index (χ2n) is 5.37. The second-order valence-corrected chi connectivity index (χ2v) is 5.37. The first kappa shape index (κ1) is 13.9. The number of hydrogen-bond acceptors (Lipinski definition) is 5. The summed E-state index contributed by atoms with van der Waals surface area (Å²) in [5.74, 6) is 0.454. The summed E-state index contributed by atoms with van der Waals surface area (Å²) in [6, 6.07) is 5.13. The van der Waals surface area contributed by atoms with Crippen molar-refractivity contribution in [2.45, 2.75) is 19.4 Å². The Kier molecular flexibility index (Phi) is 3.55. The third kappa shape index (κ3) is 2.58. The van der Waals surface area contributed by atoms with E-state index in [9.17, 15) is 14.7 Å². The molecule has 0 bridgehead atoms. The van der Waals surface area contributed by atoms with Gasteiger partial charge in [-0.1, -0.05) is 13.0 Å². The van der Waals surface area contributed by atoms with E-state index in [1.807, 2.05) is 0 Å². The molecule has 0 aliphatic carbocycles. The Morgan fingerprint density at radius 2 is 2.00 bits per heavy atom. The molecule has 0 spiro atoms. The molecule has 0 saturated carbocycles. The van der Waals surface area contributed by atoms with Gasteiger partial charge in [-0.2, -0.15) is 0 Å². The van der Waals surface area contributed by atoms with E-state index in [0.717, 1.165) is 4.90 Å². The van der Waals surface area contributed by atoms with Crippen LogP contribution in [0.4, 0.5) is 0 Å². The van der Waals surface area contributed by atoms with Crippen molar-refractivity contribution in [2.75, 3.05) is 19.8 Å². The predicted octanol–water partition coefficient (Wildman–Crippen LogP) is 0.886. The summed E-state index contributed by atoms with van der Waals surface area (Å²) in [7, 11) is 0. The minimum Gasteiger partial charge on any atom is -0.486 e. The Bertz CT molecular complexity index is 585. The molecule has 2 amide bonds. The quantitative estimate of drug-likeness (QED) is 0.837. The molecule has 0 radical (unpaired) electrons. The van der Waals surface area contributed by atoms with Crippen LogP contribution in [-0.4, -0.2) is 41.6 Å². The minimum absolute atomic E-state index is 0.0261. The van der Waals surface area contributed by atoms with Gasteiger partial charge in [0, 0.05) is 12.3 Å². The summed E-state index contributed by atoms with van der Waals surface area (Å²) in [5.41, 5.74) is 0.597. The van der Waals surface area contributed by atoms with E-state index in [2.05, 4.69) is 0 Å². The van der Waals surface area contributed by atoms with Crippen molar-refractivity contribution in [3.05, 3.63) is 23.8 Å². The summed E-state index contributed by atoms with van der Waals surface area (Å²) in [6.07, 6.45) is -0.716. The number of rotatable bonds is 3. The third-order valence-corrected chi connectivity index (χ3v) is 3.78. The Morgan fingerprint density at radius 1 is 1.29 bits per heavy atom. The van der Waals surface area contributed by atoms with Crippen LogP contribution in [0.25, 0.3) is 0 Å². The molecule has 1 fully saturated rings. The Balaban J connectivity index is 1.75. The average molecular weight is 291 g/mol. The molecule has 1 N–H and O–H groups in total. The van der Waals surface area contributed by atoms with Gasteiger partial charge in [0.1, 0.15) is 13.2 Å². The maximum absolute atomic E-state index is 11.9. The smallest absolute Gasteiger partial charge is 0.232 e. The predicted molar refractivity (Wildman–Crippen MR) is 72.9 cm³/mol. The van der Waals surface area contributed by atoms with Crippen LogP contribution in [0.1, 0.15) is 25.0 Å². The lowest BCUT2D eigenvalue weighted by Crippen LogP contribution is -2.34. The number of carbonyl (C=O) groups excluding carboxylic acids is 2. The summed E-state index contributed by atoms with van der Waals surface area (Å²) < 4.78 is 10.9. The summed E-state index contributed by atoms with van der Waals surface area (Å²) in [5, 5.41) is 10.3. The van der Waals surface area contributed by atoms with Gasteiger partial charge in [-0.25, -0.2) is 0 Å². The normalized spacial score (nSPS) is 22.6. The van der Waals surface area contributed by atoms with Crippen LogP contribution in [0, 0.1) is 5.92 Å². The monoisotopic (exact) mass is 291 g/mol. The molecule has 21 heavy (non-hydrogen) atoms. The first-order valence-corrected chi connectivity index (χ1v) is 6.98. The van der Waals surface area contributed by atoms with Gasteiger partial charge in [0.15, 0.2) is 11.5 Å². The highest BCUT2D eigenvalue weighted by Gasteiger charge is 2.36. The summed E-state index contributed by atoms with van der Waals surface area (Å²) in [6.45, 7) is 2.66. The topological polar surface area (TPSA) is 76.1 Å². The average Bonchev–Trinajstić information content (AvgIpc) is 2.73. The van der Waals surface area contributed by atoms with Crippen molar-refractivity contribution in [3.63, 3.8) is 0 Å². The fraction of sp³-hybridized carbons (Fsp3) is 0.467. The van der Waals surface area contributed by atoms with Gasteiger partial charge < -0.3 is 14.6 Å². The number of ether oxygens (including phenoxy) is 2. The molecule has 6 heteroatoms. The lowest BCUT2D eigenvalue weighted by Gasteiger charge is -2.22. The molecule has 1 saturated heterocycles. The van der Waals surface area contributed by atoms with Gasteiger partial charge in [-0.15, -0.1) is 0 Å². The Hall–Kier alpha value is -2.08. The number of carbonyl (C=O) groups is 2. The zero-order chi connectivity index (χ0) is 15.0. The van der Waals surface area contributed by atoms with Crippen molar-refractivity contribution in [3.8, 4) is 11.5 Å². The van der Waals surface area contributed by atoms with E-state index in [4.69, 9.17) is 9.47 Å². The van der Waals surface area contributed by atoms with Gasteiger partial charge in [-0.3, -0.25) is 14.5 Å². The number of hydrogen-bond donors (Lipinski definition) is 1. The number of fused-ring (bicyclic) bond motifs is 1. The number of aliphatic hydroxyl groups excluding tert-OH is 1. The van der Waals surface area contributed by atoms with Gasteiger partial charge in [0.2, 0.25) is 11.8 Å². The summed E-state index contributed by atoms with van der Waals surface area (Å²) >= 11 is 0. The number of benzene rings is 1. The molecule has 1 aromatic rings. The molecule has 2 aliphatic rings. The molecule has 1 aromatic carbocycles. The molecular formula is C15H17NO5. The maximum Gasteiger partial charge on any atom is 0.232 e. The van der Waals surface area contributed by atoms with Crippen LogP contribution in [0.15, 0.2) is 18.2 Å². The van der Waals surface area contributed by atoms with Crippen molar-refractivity contribution < 1.29 is 24.2 Å². The van der Waals surface area contributed by atoms with E-state index in [-0.39, 0.29) is 30.7 Å². The van der Waals surface area contributed by atoms with Crippen molar-refractivity contribution in [1.82, 2.24) is 4.90 Å². The molecule has 2 atom stereocenters. The van der Waals surface area contributed by atoms with Crippen molar-refractivity contribution >= 4 is 11.8 Å². The first-order valence-electron chi connectivity index (χ1n) is 6.98. The van der Waals surface area contributed by atoms with Crippen LogP contribution in [0.3, 0.4) is 0 Å². The van der Waals surface area contributed by atoms with E-state index in [1.165, 1.54) is 0 Å². The molecule has 0 aromatic heterocycles. The van der Waals surface area contributed by atoms with E-state index in [1.54, 1.807) is 25.1 Å². The van der Waals surface area contributed by atoms with Crippen LogP contribution < -0.4 is 9.47 Å². The van der Waals surface area contributed by atoms with Crippen LogP contribution >= 0.6 is 0 Å². The molecule has 2 heterocycles. The highest BCUT2D eigenvalue weighted by Crippen LogP contribution is 2.33. The largest absolute Gasteiger partial charge is 0.486 e. The van der Waals surface area contributed by atoms with Crippen LogP contribution in [0.5, 0.6) is 11.5 Å². The van der Waals surface area contributed by atoms with Gasteiger partial charge in [0.05, 0.1) is 12.6 Å². The minimum atomic E-state index is -0.931. The SMILES string of the molecule is CC1CC(=O)N(CC(O)c2ccc3c(c2)OCCO3)C1=O. The van der Waals surface area contributed by atoms with Gasteiger partial charge in [-0.05, 0) is 17.7 Å². The van der Waals surface area contributed by atoms with Crippen molar-refractivity contribution in [1.29, 1.82) is 0 Å². The molecule has 2 aliphatic heterocycles. The van der Waals surface area contributed by atoms with E-state index in [0.29, 0.717) is 30.3 Å². The highest BCUT2D eigenvalue weighted by molar-refractivity contribution is 6.03. The highest BCUT2D eigenvalue weighted by atomic mass is 16.6. The van der Waals surface area contributed by atoms with E-state index >= 15 is 0 Å². The molecule has 3 rings (SSSR count). The molecule has 6 nitrogen and oxygen atoms in total. The number of nitrogens with zero attached hydrogens (tertiary/aromatic N) is 1. The fourth-order valence-electron chi connectivity index (χ4n) is 2.59. The zero-order valence-electron chi connectivity index (χ0n) is 11.7. The fourth-order valence-corrected chi connectivity index (χ4v) is 2.59. The molecule has 112 valence electrons. The summed E-state index contributed by atoms with van der Waals surface area (Å²) in [4.78, 5) is 24.7. The van der Waals surface area contributed by atoms with Crippen LogP contribution in [0.2, 0.25) is 0 Å². The lowest BCUT2D eigenvalue weighted by atomic mass is 10.1. The third-order valence-electron chi connectivity index (χ3n) is 3.78. The van der Waals surface area contributed by atoms with Gasteiger partial charge >= 0.3 is 0 Å². The number of β-amino-alcohol motifs (C(OH)–C–C–N with tert-alkyl or cyclic N) is 1. The zero-order valence-corrected chi connectivity index (χ0v) is 11.7. The van der Waals surface area contributed by atoms with Gasteiger partial charge in [0.25, 0.3) is 0 Å². The Morgan fingerprint density at radius 3 is 2.67 bits per heavy atom. The maximum atomic E-state index is 11.9. The van der Waals surface area contributed by atoms with Crippen molar-refractivity contribution in [2.24, 2.45) is 5.92 Å². The standard InChI is InChI=1S/C15H17NO5/c1-9-6-14(18)16(15(9)19)8-11(17)10-2-3-12-13(7-10)21-5-4-20-12/h2-3,7,9,11,17H,4-6,8H2,1H3. The second kappa shape index (κ2) is 5.37. The Labute approximate surface area is 122 Å². The van der Waals surface area contributed by atoms with E-state index < -0.39 is 6.10 Å². The molecule has 2 unspecified atom stereocenters.